The largest absolute Gasteiger partial charge is 0.492 e. The molecule has 0 aliphatic heterocycles. The van der Waals surface area contributed by atoms with Crippen molar-refractivity contribution < 1.29 is 14.3 Å². The highest BCUT2D eigenvalue weighted by atomic mass is 35.5. The lowest BCUT2D eigenvalue weighted by Gasteiger charge is -2.10. The number of carbonyl (C=O) groups is 2. The van der Waals surface area contributed by atoms with Gasteiger partial charge in [0.2, 0.25) is 5.91 Å². The molecule has 0 aromatic heterocycles. The van der Waals surface area contributed by atoms with Gasteiger partial charge in [-0.05, 0) is 55.0 Å². The number of nitrogens with one attached hydrogen (secondary N) is 3. The van der Waals surface area contributed by atoms with Crippen molar-refractivity contribution in [1.29, 1.82) is 0 Å². The zero-order chi connectivity index (χ0) is 18.2. The second kappa shape index (κ2) is 8.94. The number of ether oxygens (including phenoxy) is 1. The van der Waals surface area contributed by atoms with E-state index < -0.39 is 0 Å². The number of rotatable bonds is 6. The quantitative estimate of drug-likeness (QED) is 0.684. The van der Waals surface area contributed by atoms with E-state index in [-0.39, 0.29) is 11.9 Å². The molecular weight excluding hydrogens is 342 g/mol. The number of anilines is 2. The Kier molecular flexibility index (Phi) is 6.65. The van der Waals surface area contributed by atoms with Crippen molar-refractivity contribution in [2.24, 2.45) is 0 Å². The van der Waals surface area contributed by atoms with Crippen LogP contribution in [0.1, 0.15) is 12.5 Å². The molecule has 3 amide bonds. The van der Waals surface area contributed by atoms with Gasteiger partial charge in [-0.3, -0.25) is 4.79 Å². The van der Waals surface area contributed by atoms with Crippen LogP contribution in [-0.4, -0.2) is 25.1 Å². The van der Waals surface area contributed by atoms with E-state index in [2.05, 4.69) is 16.0 Å². The Labute approximate surface area is 151 Å². The Morgan fingerprint density at radius 3 is 2.28 bits per heavy atom. The molecule has 0 fully saturated rings. The van der Waals surface area contributed by atoms with Crippen molar-refractivity contribution in [2.45, 2.75) is 13.8 Å². The molecule has 0 bridgehead atoms. The Balaban J connectivity index is 1.71. The van der Waals surface area contributed by atoms with Crippen LogP contribution < -0.4 is 20.7 Å². The number of amides is 3. The number of hydrogen-bond acceptors (Lipinski definition) is 3. The number of aryl methyl sites for hydroxylation is 1. The summed E-state index contributed by atoms with van der Waals surface area (Å²) in [5.41, 5.74) is 2.23. The fourth-order valence-electron chi connectivity index (χ4n) is 2.06. The van der Waals surface area contributed by atoms with Crippen molar-refractivity contribution in [3.05, 3.63) is 53.1 Å². The van der Waals surface area contributed by atoms with Crippen molar-refractivity contribution in [3.63, 3.8) is 0 Å². The molecule has 0 spiro atoms. The molecule has 132 valence electrons. The summed E-state index contributed by atoms with van der Waals surface area (Å²) in [6.45, 7) is 4.04. The number of carbonyl (C=O) groups excluding carboxylic acids is 2. The van der Waals surface area contributed by atoms with E-state index in [1.807, 2.05) is 13.0 Å². The molecule has 6 nitrogen and oxygen atoms in total. The molecule has 0 saturated heterocycles. The van der Waals surface area contributed by atoms with Gasteiger partial charge in [-0.1, -0.05) is 11.6 Å². The van der Waals surface area contributed by atoms with Crippen LogP contribution >= 0.6 is 11.6 Å². The lowest BCUT2D eigenvalue weighted by molar-refractivity contribution is -0.114. The first kappa shape index (κ1) is 18.6. The predicted molar refractivity (Wildman–Crippen MR) is 99.5 cm³/mol. The number of benzene rings is 2. The molecule has 0 aliphatic carbocycles. The van der Waals surface area contributed by atoms with Gasteiger partial charge in [0.05, 0.1) is 6.54 Å². The molecule has 2 aromatic carbocycles. The van der Waals surface area contributed by atoms with Crippen LogP contribution in [0.2, 0.25) is 5.02 Å². The third-order valence-corrected chi connectivity index (χ3v) is 3.67. The van der Waals surface area contributed by atoms with Crippen LogP contribution in [0.15, 0.2) is 42.5 Å². The van der Waals surface area contributed by atoms with Crippen molar-refractivity contribution in [3.8, 4) is 5.75 Å². The van der Waals surface area contributed by atoms with Gasteiger partial charge in [0.15, 0.2) is 0 Å². The highest BCUT2D eigenvalue weighted by Gasteiger charge is 2.03. The van der Waals surface area contributed by atoms with Gasteiger partial charge in [0, 0.05) is 23.3 Å². The zero-order valence-electron chi connectivity index (χ0n) is 14.1. The van der Waals surface area contributed by atoms with E-state index in [0.29, 0.717) is 35.3 Å². The summed E-state index contributed by atoms with van der Waals surface area (Å²) in [4.78, 5) is 22.8. The van der Waals surface area contributed by atoms with E-state index in [1.54, 1.807) is 36.4 Å². The minimum absolute atomic E-state index is 0.144. The molecule has 0 saturated carbocycles. The highest BCUT2D eigenvalue weighted by Crippen LogP contribution is 2.20. The van der Waals surface area contributed by atoms with Crippen LogP contribution in [0.25, 0.3) is 0 Å². The second-order valence-corrected chi connectivity index (χ2v) is 5.81. The topological polar surface area (TPSA) is 79.5 Å². The smallest absolute Gasteiger partial charge is 0.319 e. The molecule has 0 atom stereocenters. The Morgan fingerprint density at radius 1 is 1.04 bits per heavy atom. The summed E-state index contributed by atoms with van der Waals surface area (Å²) in [6.07, 6.45) is 0. The molecule has 2 rings (SSSR count). The third kappa shape index (κ3) is 6.35. The van der Waals surface area contributed by atoms with Crippen molar-refractivity contribution in [2.75, 3.05) is 23.8 Å². The first-order valence-electron chi connectivity index (χ1n) is 7.75. The summed E-state index contributed by atoms with van der Waals surface area (Å²) in [7, 11) is 0. The summed E-state index contributed by atoms with van der Waals surface area (Å²) >= 11 is 5.95. The molecule has 0 aliphatic rings. The van der Waals surface area contributed by atoms with Crippen molar-refractivity contribution in [1.82, 2.24) is 5.32 Å². The Morgan fingerprint density at radius 2 is 1.68 bits per heavy atom. The molecule has 0 radical (unpaired) electrons. The van der Waals surface area contributed by atoms with Gasteiger partial charge in [-0.2, -0.15) is 0 Å². The molecule has 0 heterocycles. The lowest BCUT2D eigenvalue weighted by Crippen LogP contribution is -2.32. The molecule has 2 aromatic rings. The van der Waals surface area contributed by atoms with Gasteiger partial charge >= 0.3 is 6.03 Å². The average molecular weight is 362 g/mol. The summed E-state index contributed by atoms with van der Waals surface area (Å²) in [5.74, 6) is 0.562. The average Bonchev–Trinajstić information content (AvgIpc) is 2.56. The van der Waals surface area contributed by atoms with Crippen LogP contribution in [0.4, 0.5) is 16.2 Å². The maximum Gasteiger partial charge on any atom is 0.319 e. The van der Waals surface area contributed by atoms with E-state index in [9.17, 15) is 9.59 Å². The van der Waals surface area contributed by atoms with Crippen LogP contribution in [-0.2, 0) is 4.79 Å². The SMILES string of the molecule is CC(=O)Nc1ccc(NC(=O)NCCOc2ccc(Cl)c(C)c2)cc1. The fraction of sp³-hybridized carbons (Fsp3) is 0.222. The molecule has 3 N–H and O–H groups in total. The number of hydrogen-bond donors (Lipinski definition) is 3. The minimum atomic E-state index is -0.330. The monoisotopic (exact) mass is 361 g/mol. The maximum atomic E-state index is 11.8. The zero-order valence-corrected chi connectivity index (χ0v) is 14.8. The Hall–Kier alpha value is -2.73. The van der Waals surface area contributed by atoms with Crippen LogP contribution in [0, 0.1) is 6.92 Å². The fourth-order valence-corrected chi connectivity index (χ4v) is 2.17. The van der Waals surface area contributed by atoms with E-state index in [1.165, 1.54) is 6.92 Å². The third-order valence-electron chi connectivity index (χ3n) is 3.25. The van der Waals surface area contributed by atoms with Crippen LogP contribution in [0.3, 0.4) is 0 Å². The summed E-state index contributed by atoms with van der Waals surface area (Å²) in [5, 5.41) is 8.75. The lowest BCUT2D eigenvalue weighted by atomic mass is 10.2. The van der Waals surface area contributed by atoms with Gasteiger partial charge in [-0.25, -0.2) is 4.79 Å². The first-order chi connectivity index (χ1) is 11.9. The van der Waals surface area contributed by atoms with Crippen LogP contribution in [0.5, 0.6) is 5.75 Å². The molecule has 0 unspecified atom stereocenters. The summed E-state index contributed by atoms with van der Waals surface area (Å²) < 4.78 is 5.55. The van der Waals surface area contributed by atoms with E-state index >= 15 is 0 Å². The number of urea groups is 1. The van der Waals surface area contributed by atoms with Gasteiger partial charge in [0.1, 0.15) is 12.4 Å². The molecular formula is C18H20ClN3O3. The first-order valence-corrected chi connectivity index (χ1v) is 8.13. The predicted octanol–water partition coefficient (Wildman–Crippen LogP) is 3.81. The second-order valence-electron chi connectivity index (χ2n) is 5.40. The van der Waals surface area contributed by atoms with E-state index in [4.69, 9.17) is 16.3 Å². The van der Waals surface area contributed by atoms with Crippen molar-refractivity contribution >= 4 is 34.9 Å². The van der Waals surface area contributed by atoms with Gasteiger partial charge in [-0.15, -0.1) is 0 Å². The standard InChI is InChI=1S/C18H20ClN3O3/c1-12-11-16(7-8-17(12)19)25-10-9-20-18(24)22-15-5-3-14(4-6-15)21-13(2)23/h3-8,11H,9-10H2,1-2H3,(H,21,23)(H2,20,22,24). The van der Waals surface area contributed by atoms with Gasteiger partial charge in [0.25, 0.3) is 0 Å². The number of halogens is 1. The normalized spacial score (nSPS) is 10.0. The maximum absolute atomic E-state index is 11.8. The van der Waals surface area contributed by atoms with Gasteiger partial charge < -0.3 is 20.7 Å². The molecule has 25 heavy (non-hydrogen) atoms. The summed E-state index contributed by atoms with van der Waals surface area (Å²) in [6, 6.07) is 11.9. The Bertz CT molecular complexity index is 748. The molecule has 7 heteroatoms. The minimum Gasteiger partial charge on any atom is -0.492 e. The van der Waals surface area contributed by atoms with E-state index in [0.717, 1.165) is 5.56 Å². The highest BCUT2D eigenvalue weighted by molar-refractivity contribution is 6.31.